The first-order valence-corrected chi connectivity index (χ1v) is 10.6. The standard InChI is InChI=1S/C24H21F3N4O4/c1-13-20-22(35-30-13)21(18-12-17(28-14(2)32)8-9-19(18)34-3)29-31(23(20)33)11-10-15-4-6-16(7-5-15)24(25,26)27/h4-9,12H,10-11H2,1-3H3,(H,28,32). The number of rotatable bonds is 6. The van der Waals surface area contributed by atoms with E-state index in [1.165, 1.54) is 30.8 Å². The van der Waals surface area contributed by atoms with Gasteiger partial charge >= 0.3 is 6.18 Å². The molecule has 1 amide bonds. The van der Waals surface area contributed by atoms with Gasteiger partial charge < -0.3 is 14.6 Å². The van der Waals surface area contributed by atoms with Crippen molar-refractivity contribution in [2.24, 2.45) is 0 Å². The molecule has 0 aliphatic heterocycles. The summed E-state index contributed by atoms with van der Waals surface area (Å²) in [7, 11) is 1.47. The summed E-state index contributed by atoms with van der Waals surface area (Å²) in [6.07, 6.45) is -4.16. The molecule has 0 aliphatic rings. The lowest BCUT2D eigenvalue weighted by Crippen LogP contribution is -2.25. The monoisotopic (exact) mass is 486 g/mol. The van der Waals surface area contributed by atoms with Crippen molar-refractivity contribution in [1.82, 2.24) is 14.9 Å². The smallest absolute Gasteiger partial charge is 0.416 e. The van der Waals surface area contributed by atoms with Gasteiger partial charge in [-0.2, -0.15) is 18.3 Å². The Hall–Kier alpha value is -4.15. The van der Waals surface area contributed by atoms with Gasteiger partial charge in [-0.1, -0.05) is 17.3 Å². The van der Waals surface area contributed by atoms with Crippen LogP contribution in [0.3, 0.4) is 0 Å². The van der Waals surface area contributed by atoms with Crippen LogP contribution in [0.25, 0.3) is 22.2 Å². The van der Waals surface area contributed by atoms with Crippen LogP contribution in [-0.2, 0) is 23.9 Å². The lowest BCUT2D eigenvalue weighted by atomic mass is 10.1. The second kappa shape index (κ2) is 9.24. The molecule has 1 N–H and O–H groups in total. The van der Waals surface area contributed by atoms with Crippen molar-refractivity contribution in [3.63, 3.8) is 0 Å². The molecule has 2 aromatic carbocycles. The number of fused-ring (bicyclic) bond motifs is 1. The second-order valence-corrected chi connectivity index (χ2v) is 7.89. The minimum atomic E-state index is -4.42. The summed E-state index contributed by atoms with van der Waals surface area (Å²) in [5.41, 5.74) is 1.19. The van der Waals surface area contributed by atoms with Crippen molar-refractivity contribution in [3.8, 4) is 17.0 Å². The maximum atomic E-state index is 13.1. The summed E-state index contributed by atoms with van der Waals surface area (Å²) < 4.78 is 50.6. The van der Waals surface area contributed by atoms with Crippen molar-refractivity contribution >= 4 is 22.6 Å². The van der Waals surface area contributed by atoms with Gasteiger partial charge in [0.05, 0.1) is 23.9 Å². The number of aryl methyl sites for hydroxylation is 3. The summed E-state index contributed by atoms with van der Waals surface area (Å²) in [6.45, 7) is 3.11. The fraction of sp³-hybridized carbons (Fsp3) is 0.250. The zero-order chi connectivity index (χ0) is 25.3. The Labute approximate surface area is 197 Å². The quantitative estimate of drug-likeness (QED) is 0.428. The largest absolute Gasteiger partial charge is 0.496 e. The van der Waals surface area contributed by atoms with Gasteiger partial charge in [0.2, 0.25) is 11.5 Å². The number of benzene rings is 2. The van der Waals surface area contributed by atoms with Gasteiger partial charge in [0.25, 0.3) is 5.56 Å². The number of nitrogens with one attached hydrogen (secondary N) is 1. The molecule has 182 valence electrons. The number of alkyl halides is 3. The second-order valence-electron chi connectivity index (χ2n) is 7.89. The number of halogens is 3. The molecular formula is C24H21F3N4O4. The van der Waals surface area contributed by atoms with Crippen LogP contribution >= 0.6 is 0 Å². The molecule has 4 aromatic rings. The summed E-state index contributed by atoms with van der Waals surface area (Å²) in [6, 6.07) is 9.70. The van der Waals surface area contributed by atoms with Crippen molar-refractivity contribution < 1.29 is 27.2 Å². The Morgan fingerprint density at radius 3 is 2.51 bits per heavy atom. The molecule has 11 heteroatoms. The predicted molar refractivity (Wildman–Crippen MR) is 122 cm³/mol. The first-order valence-electron chi connectivity index (χ1n) is 10.6. The van der Waals surface area contributed by atoms with Crippen LogP contribution in [0.5, 0.6) is 5.75 Å². The van der Waals surface area contributed by atoms with Crippen LogP contribution in [0.4, 0.5) is 18.9 Å². The SMILES string of the molecule is COc1ccc(NC(C)=O)cc1-c1nn(CCc2ccc(C(F)(F)F)cc2)c(=O)c2c(C)noc12. The van der Waals surface area contributed by atoms with E-state index >= 15 is 0 Å². The van der Waals surface area contributed by atoms with Gasteiger partial charge in [0.15, 0.2) is 0 Å². The van der Waals surface area contributed by atoms with Crippen LogP contribution < -0.4 is 15.6 Å². The summed E-state index contributed by atoms with van der Waals surface area (Å²) in [5, 5.41) is 11.3. The number of nitrogens with zero attached hydrogens (tertiary/aromatic N) is 3. The number of aromatic nitrogens is 3. The molecule has 35 heavy (non-hydrogen) atoms. The molecule has 0 radical (unpaired) electrons. The highest BCUT2D eigenvalue weighted by molar-refractivity contribution is 5.94. The normalized spacial score (nSPS) is 11.6. The summed E-state index contributed by atoms with van der Waals surface area (Å²) in [5.74, 6) is 0.158. The number of anilines is 1. The van der Waals surface area contributed by atoms with E-state index in [2.05, 4.69) is 15.6 Å². The first-order chi connectivity index (χ1) is 16.6. The molecule has 0 aliphatic carbocycles. The van der Waals surface area contributed by atoms with E-state index < -0.39 is 17.3 Å². The molecule has 0 spiro atoms. The molecule has 8 nitrogen and oxygen atoms in total. The third kappa shape index (κ3) is 4.88. The van der Waals surface area contributed by atoms with Crippen molar-refractivity contribution in [3.05, 3.63) is 69.6 Å². The van der Waals surface area contributed by atoms with E-state index in [1.54, 1.807) is 25.1 Å². The van der Waals surface area contributed by atoms with Crippen LogP contribution in [0.2, 0.25) is 0 Å². The Kier molecular flexibility index (Phi) is 6.33. The third-order valence-electron chi connectivity index (χ3n) is 5.42. The number of hydrogen-bond acceptors (Lipinski definition) is 6. The van der Waals surface area contributed by atoms with Gasteiger partial charge in [0.1, 0.15) is 16.8 Å². The van der Waals surface area contributed by atoms with Gasteiger partial charge in [-0.25, -0.2) is 4.68 Å². The van der Waals surface area contributed by atoms with Crippen molar-refractivity contribution in [2.75, 3.05) is 12.4 Å². The average Bonchev–Trinajstić information content (AvgIpc) is 3.20. The maximum Gasteiger partial charge on any atom is 0.416 e. The lowest BCUT2D eigenvalue weighted by molar-refractivity contribution is -0.137. The van der Waals surface area contributed by atoms with E-state index in [9.17, 15) is 22.8 Å². The van der Waals surface area contributed by atoms with Gasteiger partial charge in [-0.15, -0.1) is 0 Å². The topological polar surface area (TPSA) is 99.2 Å². The molecule has 0 bridgehead atoms. The molecule has 0 unspecified atom stereocenters. The molecule has 4 rings (SSSR count). The third-order valence-corrected chi connectivity index (χ3v) is 5.42. The van der Waals surface area contributed by atoms with Crippen molar-refractivity contribution in [2.45, 2.75) is 33.0 Å². The van der Waals surface area contributed by atoms with Crippen LogP contribution in [0.15, 0.2) is 51.8 Å². The Morgan fingerprint density at radius 2 is 1.89 bits per heavy atom. The fourth-order valence-electron chi connectivity index (χ4n) is 3.72. The maximum absolute atomic E-state index is 13.1. The Balaban J connectivity index is 1.77. The van der Waals surface area contributed by atoms with Gasteiger partial charge in [-0.3, -0.25) is 9.59 Å². The van der Waals surface area contributed by atoms with E-state index in [0.29, 0.717) is 28.3 Å². The first kappa shape index (κ1) is 24.0. The van der Waals surface area contributed by atoms with Crippen LogP contribution in [-0.4, -0.2) is 28.0 Å². The summed E-state index contributed by atoms with van der Waals surface area (Å²) in [4.78, 5) is 24.7. The molecule has 2 heterocycles. The predicted octanol–water partition coefficient (Wildman–Crippen LogP) is 4.59. The zero-order valence-electron chi connectivity index (χ0n) is 19.1. The van der Waals surface area contributed by atoms with E-state index in [-0.39, 0.29) is 35.5 Å². The number of hydrogen-bond donors (Lipinski definition) is 1. The number of carbonyl (C=O) groups excluding carboxylic acids is 1. The minimum Gasteiger partial charge on any atom is -0.496 e. The molecule has 0 atom stereocenters. The minimum absolute atomic E-state index is 0.103. The molecule has 0 saturated heterocycles. The van der Waals surface area contributed by atoms with Gasteiger partial charge in [-0.05, 0) is 49.2 Å². The van der Waals surface area contributed by atoms with E-state index in [0.717, 1.165) is 12.1 Å². The Bertz CT molecular complexity index is 1460. The molecule has 0 fully saturated rings. The number of carbonyl (C=O) groups is 1. The highest BCUT2D eigenvalue weighted by atomic mass is 19.4. The van der Waals surface area contributed by atoms with Crippen molar-refractivity contribution in [1.29, 1.82) is 0 Å². The number of ether oxygens (including phenoxy) is 1. The van der Waals surface area contributed by atoms with Gasteiger partial charge in [0, 0.05) is 19.2 Å². The highest BCUT2D eigenvalue weighted by Gasteiger charge is 2.30. The van der Waals surface area contributed by atoms with E-state index in [4.69, 9.17) is 9.26 Å². The molecule has 0 saturated carbocycles. The highest BCUT2D eigenvalue weighted by Crippen LogP contribution is 2.35. The molecule has 2 aromatic heterocycles. The van der Waals surface area contributed by atoms with Crippen LogP contribution in [0, 0.1) is 6.92 Å². The zero-order valence-corrected chi connectivity index (χ0v) is 19.1. The van der Waals surface area contributed by atoms with Crippen LogP contribution in [0.1, 0.15) is 23.7 Å². The Morgan fingerprint density at radius 1 is 1.17 bits per heavy atom. The lowest BCUT2D eigenvalue weighted by Gasteiger charge is -2.13. The number of methoxy groups -OCH3 is 1. The fourth-order valence-corrected chi connectivity index (χ4v) is 3.72. The average molecular weight is 486 g/mol. The molecular weight excluding hydrogens is 465 g/mol. The van der Waals surface area contributed by atoms with E-state index in [1.807, 2.05) is 0 Å². The number of amides is 1. The summed E-state index contributed by atoms with van der Waals surface area (Å²) >= 11 is 0.